The third-order valence-electron chi connectivity index (χ3n) is 5.57. The summed E-state index contributed by atoms with van der Waals surface area (Å²) in [5.41, 5.74) is 11.3. The van der Waals surface area contributed by atoms with Gasteiger partial charge in [-0.2, -0.15) is 4.39 Å². The Morgan fingerprint density at radius 3 is 2.76 bits per heavy atom. The molecule has 0 unspecified atom stereocenters. The number of aromatic nitrogens is 3. The average Bonchev–Trinajstić information content (AvgIpc) is 3.44. The molecule has 2 aromatic heterocycles. The Morgan fingerprint density at radius 2 is 2.12 bits per heavy atom. The second kappa shape index (κ2) is 11.2. The zero-order valence-electron chi connectivity index (χ0n) is 18.6. The lowest BCUT2D eigenvalue weighted by molar-refractivity contribution is -0.154. The molecular weight excluding hydrogens is 451 g/mol. The van der Waals surface area contributed by atoms with E-state index in [9.17, 15) is 14.8 Å². The molecule has 1 fully saturated rings. The molecule has 1 aliphatic carbocycles. The van der Waals surface area contributed by atoms with Crippen molar-refractivity contribution >= 4 is 40.4 Å². The lowest BCUT2D eigenvalue weighted by atomic mass is 9.92. The molecule has 0 radical (unpaired) electrons. The number of nitrogens with one attached hydrogen (secondary N) is 2. The molecule has 13 heteroatoms. The van der Waals surface area contributed by atoms with Crippen molar-refractivity contribution in [3.63, 3.8) is 0 Å². The highest BCUT2D eigenvalue weighted by atomic mass is 32.1. The van der Waals surface area contributed by atoms with Gasteiger partial charge in [0.05, 0.1) is 24.7 Å². The van der Waals surface area contributed by atoms with Gasteiger partial charge in [-0.15, -0.1) is 11.3 Å². The molecule has 2 amide bonds. The molecule has 11 nitrogen and oxygen atoms in total. The summed E-state index contributed by atoms with van der Waals surface area (Å²) in [7, 11) is 1.66. The van der Waals surface area contributed by atoms with Gasteiger partial charge in [-0.1, -0.05) is 25.7 Å². The summed E-state index contributed by atoms with van der Waals surface area (Å²) in [6.45, 7) is 1.75. The van der Waals surface area contributed by atoms with Crippen molar-refractivity contribution in [2.24, 2.45) is 11.8 Å². The molecule has 2 heterocycles. The van der Waals surface area contributed by atoms with Gasteiger partial charge in [0.1, 0.15) is 5.82 Å². The zero-order chi connectivity index (χ0) is 24.0. The van der Waals surface area contributed by atoms with Gasteiger partial charge < -0.3 is 10.6 Å². The minimum atomic E-state index is -0.740. The van der Waals surface area contributed by atoms with Crippen molar-refractivity contribution in [3.05, 3.63) is 22.7 Å². The molecule has 1 saturated carbocycles. The third kappa shape index (κ3) is 6.71. The number of nitrogens with two attached hydrogens (primary N) is 1. The molecule has 2 aromatic rings. The number of hydrogen-bond acceptors (Lipinski definition) is 10. The van der Waals surface area contributed by atoms with Crippen molar-refractivity contribution in [2.75, 3.05) is 29.7 Å². The molecular formula is C20H29FN8O3S. The number of hydrogen-bond donors (Lipinski definition) is 4. The highest BCUT2D eigenvalue weighted by molar-refractivity contribution is 7.13. The van der Waals surface area contributed by atoms with E-state index in [-0.39, 0.29) is 31.1 Å². The van der Waals surface area contributed by atoms with Crippen molar-refractivity contribution in [1.82, 2.24) is 25.4 Å². The number of hydrazine groups is 1. The van der Waals surface area contributed by atoms with Crippen LogP contribution in [0, 0.1) is 24.6 Å². The highest BCUT2D eigenvalue weighted by Crippen LogP contribution is 2.31. The molecule has 0 bridgehead atoms. The Balaban J connectivity index is 1.69. The summed E-state index contributed by atoms with van der Waals surface area (Å²) in [6.07, 6.45) is 4.99. The van der Waals surface area contributed by atoms with Crippen LogP contribution >= 0.6 is 11.3 Å². The van der Waals surface area contributed by atoms with Crippen LogP contribution in [0.2, 0.25) is 0 Å². The van der Waals surface area contributed by atoms with Crippen LogP contribution in [0.1, 0.15) is 43.6 Å². The Hall–Kier alpha value is -3.06. The van der Waals surface area contributed by atoms with Crippen LogP contribution in [0.5, 0.6) is 0 Å². The van der Waals surface area contributed by atoms with Gasteiger partial charge in [0.15, 0.2) is 16.8 Å². The van der Waals surface area contributed by atoms with E-state index in [4.69, 9.17) is 5.73 Å². The lowest BCUT2D eigenvalue weighted by Gasteiger charge is -2.23. The van der Waals surface area contributed by atoms with Gasteiger partial charge in [-0.3, -0.25) is 25.6 Å². The number of thiazole rings is 1. The minimum Gasteiger partial charge on any atom is -0.375 e. The first-order valence-corrected chi connectivity index (χ1v) is 11.6. The van der Waals surface area contributed by atoms with E-state index in [2.05, 4.69) is 25.8 Å². The molecule has 3 rings (SSSR count). The van der Waals surface area contributed by atoms with E-state index in [1.807, 2.05) is 0 Å². The second-order valence-electron chi connectivity index (χ2n) is 8.21. The number of nitrogen functional groups attached to an aromatic ring is 1. The smallest absolute Gasteiger partial charge is 0.243 e. The van der Waals surface area contributed by atoms with Gasteiger partial charge in [0.2, 0.25) is 18.1 Å². The summed E-state index contributed by atoms with van der Waals surface area (Å²) in [4.78, 5) is 37.6. The number of carbonyl (C=O) groups excluding carboxylic acids is 2. The van der Waals surface area contributed by atoms with E-state index in [1.54, 1.807) is 24.3 Å². The first-order chi connectivity index (χ1) is 15.8. The number of aryl methyl sites for hydroxylation is 1. The van der Waals surface area contributed by atoms with Gasteiger partial charge in [0.25, 0.3) is 0 Å². The Labute approximate surface area is 195 Å². The number of amides is 2. The fourth-order valence-corrected chi connectivity index (χ4v) is 4.55. The van der Waals surface area contributed by atoms with Crippen LogP contribution < -0.4 is 21.5 Å². The van der Waals surface area contributed by atoms with Gasteiger partial charge >= 0.3 is 0 Å². The first kappa shape index (κ1) is 24.6. The summed E-state index contributed by atoms with van der Waals surface area (Å²) in [6, 6.07) is 0. The van der Waals surface area contributed by atoms with Crippen molar-refractivity contribution in [2.45, 2.75) is 45.6 Å². The fraction of sp³-hybridized carbons (Fsp3) is 0.550. The predicted octanol–water partition coefficient (Wildman–Crippen LogP) is 2.09. The van der Waals surface area contributed by atoms with Crippen LogP contribution in [0.3, 0.4) is 0 Å². The lowest BCUT2D eigenvalue weighted by Crippen LogP contribution is -2.41. The quantitative estimate of drug-likeness (QED) is 0.215. The highest BCUT2D eigenvalue weighted by Gasteiger charge is 2.27. The van der Waals surface area contributed by atoms with Crippen LogP contribution in [-0.2, 0) is 16.1 Å². The number of carbonyl (C=O) groups is 2. The van der Waals surface area contributed by atoms with Crippen molar-refractivity contribution < 1.29 is 19.2 Å². The third-order valence-corrected chi connectivity index (χ3v) is 6.30. The standard InChI is InChI=1S/C20H29FN8O3S/c1-12-23-17(16(21)18(24-12)28(2)9-15-10-33-20(22)25-15)26-27-19(31)14(8-29(32)11-30)7-13-5-3-4-6-13/h10-11,13-14,32H,3-9H2,1-2H3,(H2,22,25)(H,27,31)(H,23,24,26)/t14-/m0/s1. The molecule has 5 N–H and O–H groups in total. The average molecular weight is 481 g/mol. The second-order valence-corrected chi connectivity index (χ2v) is 9.10. The topological polar surface area (TPSA) is 150 Å². The minimum absolute atomic E-state index is 0.0378. The van der Waals surface area contributed by atoms with Gasteiger partial charge in [-0.05, 0) is 19.3 Å². The first-order valence-electron chi connectivity index (χ1n) is 10.7. The maximum atomic E-state index is 15.1. The van der Waals surface area contributed by atoms with Crippen LogP contribution in [0.15, 0.2) is 5.38 Å². The van der Waals surface area contributed by atoms with E-state index in [1.165, 1.54) is 11.3 Å². The maximum absolute atomic E-state index is 15.1. The molecule has 180 valence electrons. The summed E-state index contributed by atoms with van der Waals surface area (Å²) in [5.74, 6) is -1.36. The Kier molecular flexibility index (Phi) is 8.33. The molecule has 1 atom stereocenters. The fourth-order valence-electron chi connectivity index (χ4n) is 4.00. The monoisotopic (exact) mass is 480 g/mol. The normalized spacial score (nSPS) is 14.7. The molecule has 33 heavy (non-hydrogen) atoms. The Bertz CT molecular complexity index is 969. The number of rotatable bonds is 11. The van der Waals surface area contributed by atoms with E-state index >= 15 is 4.39 Å². The number of halogens is 1. The van der Waals surface area contributed by atoms with Crippen molar-refractivity contribution in [3.8, 4) is 0 Å². The van der Waals surface area contributed by atoms with Gasteiger partial charge in [0, 0.05) is 12.4 Å². The molecule has 0 spiro atoms. The van der Waals surface area contributed by atoms with Gasteiger partial charge in [-0.25, -0.2) is 20.0 Å². The molecule has 0 saturated heterocycles. The number of hydroxylamine groups is 2. The summed E-state index contributed by atoms with van der Waals surface area (Å²) in [5, 5.41) is 12.3. The SMILES string of the molecule is Cc1nc(NNC(=O)[C@@H](CC2CCCC2)CN(O)C=O)c(F)c(N(C)Cc2csc(N)n2)n1. The zero-order valence-corrected chi connectivity index (χ0v) is 19.4. The van der Waals surface area contributed by atoms with E-state index in [0.717, 1.165) is 25.7 Å². The van der Waals surface area contributed by atoms with Crippen LogP contribution in [0.4, 0.5) is 21.2 Å². The molecule has 1 aliphatic rings. The molecule has 0 aliphatic heterocycles. The maximum Gasteiger partial charge on any atom is 0.243 e. The van der Waals surface area contributed by atoms with Crippen molar-refractivity contribution in [1.29, 1.82) is 0 Å². The summed E-state index contributed by atoms with van der Waals surface area (Å²) >= 11 is 1.29. The van der Waals surface area contributed by atoms with Crippen LogP contribution in [0.25, 0.3) is 0 Å². The largest absolute Gasteiger partial charge is 0.375 e. The van der Waals surface area contributed by atoms with E-state index < -0.39 is 17.6 Å². The number of nitrogens with zero attached hydrogens (tertiary/aromatic N) is 5. The number of anilines is 3. The predicted molar refractivity (Wildman–Crippen MR) is 122 cm³/mol. The van der Waals surface area contributed by atoms with Crippen LogP contribution in [-0.4, -0.2) is 51.1 Å². The molecule has 0 aromatic carbocycles. The van der Waals surface area contributed by atoms with E-state index in [0.29, 0.717) is 34.1 Å². The summed E-state index contributed by atoms with van der Waals surface area (Å²) < 4.78 is 15.1. The Morgan fingerprint density at radius 1 is 1.39 bits per heavy atom.